The summed E-state index contributed by atoms with van der Waals surface area (Å²) in [6, 6.07) is 2.00. The highest BCUT2D eigenvalue weighted by Gasteiger charge is 2.41. The van der Waals surface area contributed by atoms with E-state index in [1.54, 1.807) is 7.05 Å². The number of likely N-dealkylation sites (tertiary alicyclic amines) is 1. The summed E-state index contributed by atoms with van der Waals surface area (Å²) < 4.78 is 1.36. The zero-order valence-electron chi connectivity index (χ0n) is 12.9. The maximum absolute atomic E-state index is 12.6. The molecule has 0 aromatic carbocycles. The quantitative estimate of drug-likeness (QED) is 0.733. The van der Waals surface area contributed by atoms with Crippen LogP contribution in [-0.4, -0.2) is 51.7 Å². The number of aromatic nitrogens is 1. The van der Waals surface area contributed by atoms with Crippen LogP contribution in [0.15, 0.2) is 23.1 Å². The zero-order valence-corrected chi connectivity index (χ0v) is 12.9. The second-order valence-electron chi connectivity index (χ2n) is 5.37. The normalized spacial score (nSPS) is 18.0. The minimum absolute atomic E-state index is 0.00802. The summed E-state index contributed by atoms with van der Waals surface area (Å²) in [7, 11) is 3.01. The standard InChI is InChI=1S/C15H19N3O4/c1-4-6-18(11-9-13(20)17(3)15(11)22)14(21)10-5-7-16(2)12(19)8-10/h5,7-8,11H,4,6,9H2,1-3H3/t11-/m1/s1. The number of imide groups is 1. The van der Waals surface area contributed by atoms with E-state index in [2.05, 4.69) is 0 Å². The summed E-state index contributed by atoms with van der Waals surface area (Å²) in [5.74, 6) is -1.08. The fraction of sp³-hybridized carbons (Fsp3) is 0.467. The molecule has 0 N–H and O–H groups in total. The third-order valence-corrected chi connectivity index (χ3v) is 3.81. The summed E-state index contributed by atoms with van der Waals surface area (Å²) in [6.07, 6.45) is 2.15. The first-order valence-electron chi connectivity index (χ1n) is 7.14. The molecule has 1 atom stereocenters. The number of hydrogen-bond donors (Lipinski definition) is 0. The summed E-state index contributed by atoms with van der Waals surface area (Å²) in [6.45, 7) is 2.24. The van der Waals surface area contributed by atoms with E-state index < -0.39 is 11.9 Å². The minimum atomic E-state index is -0.783. The van der Waals surface area contributed by atoms with Gasteiger partial charge in [-0.3, -0.25) is 24.1 Å². The second kappa shape index (κ2) is 6.13. The van der Waals surface area contributed by atoms with Gasteiger partial charge in [0, 0.05) is 38.5 Å². The predicted molar refractivity (Wildman–Crippen MR) is 79.2 cm³/mol. The summed E-state index contributed by atoms with van der Waals surface area (Å²) >= 11 is 0. The molecule has 22 heavy (non-hydrogen) atoms. The Hall–Kier alpha value is -2.44. The van der Waals surface area contributed by atoms with Crippen LogP contribution < -0.4 is 5.56 Å². The molecule has 1 aliphatic rings. The van der Waals surface area contributed by atoms with E-state index >= 15 is 0 Å². The molecule has 118 valence electrons. The number of nitrogens with zero attached hydrogens (tertiary/aromatic N) is 3. The molecule has 0 unspecified atom stereocenters. The number of carbonyl (C=O) groups is 3. The van der Waals surface area contributed by atoms with Crippen molar-refractivity contribution in [2.75, 3.05) is 13.6 Å². The number of aryl methyl sites for hydroxylation is 1. The van der Waals surface area contributed by atoms with Crippen LogP contribution in [0.4, 0.5) is 0 Å². The van der Waals surface area contributed by atoms with Crippen LogP contribution in [0.1, 0.15) is 30.1 Å². The first-order chi connectivity index (χ1) is 10.4. The smallest absolute Gasteiger partial charge is 0.254 e. The fourth-order valence-corrected chi connectivity index (χ4v) is 2.47. The van der Waals surface area contributed by atoms with E-state index in [4.69, 9.17) is 0 Å². The second-order valence-corrected chi connectivity index (χ2v) is 5.37. The molecule has 1 aromatic rings. The monoisotopic (exact) mass is 305 g/mol. The molecule has 0 radical (unpaired) electrons. The Morgan fingerprint density at radius 3 is 2.50 bits per heavy atom. The lowest BCUT2D eigenvalue weighted by Crippen LogP contribution is -2.45. The van der Waals surface area contributed by atoms with Crippen LogP contribution in [0.2, 0.25) is 0 Å². The molecule has 2 rings (SSSR count). The van der Waals surface area contributed by atoms with Gasteiger partial charge < -0.3 is 9.47 Å². The molecule has 7 nitrogen and oxygen atoms in total. The first-order valence-corrected chi connectivity index (χ1v) is 7.14. The highest BCUT2D eigenvalue weighted by atomic mass is 16.2. The molecule has 0 aliphatic carbocycles. The van der Waals surface area contributed by atoms with Gasteiger partial charge in [0.15, 0.2) is 0 Å². The zero-order chi connectivity index (χ0) is 16.4. The van der Waals surface area contributed by atoms with E-state index in [9.17, 15) is 19.2 Å². The summed E-state index contributed by atoms with van der Waals surface area (Å²) in [5, 5.41) is 0. The maximum atomic E-state index is 12.6. The van der Waals surface area contributed by atoms with Crippen molar-refractivity contribution in [2.45, 2.75) is 25.8 Å². The van der Waals surface area contributed by atoms with Crippen LogP contribution in [0.25, 0.3) is 0 Å². The maximum Gasteiger partial charge on any atom is 0.254 e. The number of rotatable bonds is 4. The first kappa shape index (κ1) is 15.9. The number of amides is 3. The lowest BCUT2D eigenvalue weighted by atomic mass is 10.1. The Balaban J connectivity index is 2.33. The molecular weight excluding hydrogens is 286 g/mol. The average molecular weight is 305 g/mol. The third-order valence-electron chi connectivity index (χ3n) is 3.81. The molecule has 3 amide bonds. The molecule has 1 aliphatic heterocycles. The highest BCUT2D eigenvalue weighted by molar-refractivity contribution is 6.08. The van der Waals surface area contributed by atoms with Gasteiger partial charge in [-0.05, 0) is 12.5 Å². The van der Waals surface area contributed by atoms with Gasteiger partial charge >= 0.3 is 0 Å². The van der Waals surface area contributed by atoms with E-state index in [0.717, 1.165) is 4.90 Å². The summed E-state index contributed by atoms with van der Waals surface area (Å²) in [4.78, 5) is 50.6. The van der Waals surface area contributed by atoms with E-state index in [1.807, 2.05) is 6.92 Å². The lowest BCUT2D eigenvalue weighted by Gasteiger charge is -2.27. The topological polar surface area (TPSA) is 79.7 Å². The molecule has 0 bridgehead atoms. The van der Waals surface area contributed by atoms with Gasteiger partial charge in [0.2, 0.25) is 5.91 Å². The van der Waals surface area contributed by atoms with Gasteiger partial charge in [0.05, 0.1) is 6.42 Å². The Bertz CT molecular complexity index is 680. The van der Waals surface area contributed by atoms with Crippen molar-refractivity contribution in [3.05, 3.63) is 34.2 Å². The van der Waals surface area contributed by atoms with Crippen molar-refractivity contribution in [1.82, 2.24) is 14.4 Å². The Morgan fingerprint density at radius 2 is 2.00 bits per heavy atom. The number of pyridine rings is 1. The van der Waals surface area contributed by atoms with Crippen molar-refractivity contribution < 1.29 is 14.4 Å². The Kier molecular flexibility index (Phi) is 4.44. The molecule has 1 aromatic heterocycles. The van der Waals surface area contributed by atoms with Crippen molar-refractivity contribution >= 4 is 17.7 Å². The Labute approximate surface area is 128 Å². The largest absolute Gasteiger partial charge is 0.326 e. The lowest BCUT2D eigenvalue weighted by molar-refractivity contribution is -0.137. The van der Waals surface area contributed by atoms with Gasteiger partial charge in [-0.15, -0.1) is 0 Å². The van der Waals surface area contributed by atoms with Crippen LogP contribution in [-0.2, 0) is 16.6 Å². The SMILES string of the molecule is CCCN(C(=O)c1ccn(C)c(=O)c1)[C@@H]1CC(=O)N(C)C1=O. The predicted octanol–water partition coefficient (Wildman–Crippen LogP) is -0.00520. The third kappa shape index (κ3) is 2.79. The molecule has 0 saturated carbocycles. The highest BCUT2D eigenvalue weighted by Crippen LogP contribution is 2.19. The van der Waals surface area contributed by atoms with Crippen molar-refractivity contribution in [2.24, 2.45) is 7.05 Å². The number of carbonyl (C=O) groups excluding carboxylic acids is 3. The van der Waals surface area contributed by atoms with Crippen molar-refractivity contribution in [1.29, 1.82) is 0 Å². The van der Waals surface area contributed by atoms with Crippen LogP contribution in [0.3, 0.4) is 0 Å². The van der Waals surface area contributed by atoms with Crippen LogP contribution >= 0.6 is 0 Å². The Morgan fingerprint density at radius 1 is 1.32 bits per heavy atom. The molecular formula is C15H19N3O4. The van der Waals surface area contributed by atoms with Gasteiger partial charge in [0.25, 0.3) is 17.4 Å². The van der Waals surface area contributed by atoms with Crippen molar-refractivity contribution in [3.8, 4) is 0 Å². The van der Waals surface area contributed by atoms with Gasteiger partial charge in [-0.2, -0.15) is 0 Å². The fourth-order valence-electron chi connectivity index (χ4n) is 2.47. The number of likely N-dealkylation sites (N-methyl/N-ethyl adjacent to an activating group) is 1. The van der Waals surface area contributed by atoms with Crippen LogP contribution in [0, 0.1) is 0 Å². The minimum Gasteiger partial charge on any atom is -0.326 e. The molecule has 2 heterocycles. The molecule has 1 saturated heterocycles. The molecule has 1 fully saturated rings. The van der Waals surface area contributed by atoms with Gasteiger partial charge in [-0.25, -0.2) is 0 Å². The van der Waals surface area contributed by atoms with Gasteiger partial charge in [0.1, 0.15) is 6.04 Å². The van der Waals surface area contributed by atoms with Crippen LogP contribution in [0.5, 0.6) is 0 Å². The molecule has 7 heteroatoms. The summed E-state index contributed by atoms with van der Waals surface area (Å²) in [5.41, 5.74) is -0.0698. The van der Waals surface area contributed by atoms with Gasteiger partial charge in [-0.1, -0.05) is 6.92 Å². The van der Waals surface area contributed by atoms with Crippen molar-refractivity contribution in [3.63, 3.8) is 0 Å². The van der Waals surface area contributed by atoms with E-state index in [1.165, 1.54) is 34.8 Å². The van der Waals surface area contributed by atoms with E-state index in [-0.39, 0.29) is 29.4 Å². The number of hydrogen-bond acceptors (Lipinski definition) is 4. The van der Waals surface area contributed by atoms with E-state index in [0.29, 0.717) is 13.0 Å². The molecule has 0 spiro atoms. The average Bonchev–Trinajstić information content (AvgIpc) is 2.74.